The van der Waals surface area contributed by atoms with Crippen LogP contribution < -0.4 is 0 Å². The van der Waals surface area contributed by atoms with Gasteiger partial charge in [0, 0.05) is 19.3 Å². The molecule has 0 spiro atoms. The van der Waals surface area contributed by atoms with Gasteiger partial charge >= 0.3 is 17.9 Å². The minimum absolute atomic E-state index is 0.262. The molecule has 0 fully saturated rings. The molecule has 62 heavy (non-hydrogen) atoms. The molecule has 0 unspecified atom stereocenters. The van der Waals surface area contributed by atoms with Gasteiger partial charge in [-0.25, -0.2) is 0 Å². The molecule has 0 heterocycles. The third kappa shape index (κ3) is 71.1. The molecule has 3 N–H and O–H groups in total. The SMILES string of the molecule is CCCCC/C=C\C/C=C\C/C=C\C/C=C\CCCC(=O)O.CCCCC/C=C\C/C=C\CCCCCCCC(=O)O.CCCCCCCC/C=C\CCCCCCCC(=O)O. The molecule has 0 aromatic rings. The Morgan fingerprint density at radius 1 is 0.258 bits per heavy atom. The first-order valence-corrected chi connectivity index (χ1v) is 25.5. The van der Waals surface area contributed by atoms with Crippen molar-refractivity contribution in [2.24, 2.45) is 0 Å². The summed E-state index contributed by atoms with van der Waals surface area (Å²) in [5.41, 5.74) is 0. The standard InChI is InChI=1S/C20H32O2.C18H34O2.C18H32O2/c1-2-3-4-5-6-7-8-9-10-11-12-13-14-15-16-17-18-19-20(21)22;2*1-2-3-4-5-6-7-8-9-10-11-12-13-14-15-16-17-18(19)20/h6-7,9-10,12-13,15-16H,2-5,8,11,14,17-19H2,1H3,(H,21,22);9-10H,2-8,11-17H2,1H3,(H,19,20);6-7,9-10H,2-5,8,11-17H2,1H3,(H,19,20)/b7-6-,10-9-,13-12-,16-15-;10-9-;7-6-,10-9-. The monoisotopic (exact) mass is 867 g/mol. The van der Waals surface area contributed by atoms with Crippen LogP contribution in [0.5, 0.6) is 0 Å². The van der Waals surface area contributed by atoms with E-state index in [1.165, 1.54) is 141 Å². The molecule has 0 bridgehead atoms. The average molecular weight is 867 g/mol. The fraction of sp³-hybridized carbons (Fsp3) is 0.696. The molecule has 6 heteroatoms. The van der Waals surface area contributed by atoms with Crippen molar-refractivity contribution in [3.05, 3.63) is 85.1 Å². The quantitative estimate of drug-likeness (QED) is 0.0416. The van der Waals surface area contributed by atoms with Crippen molar-refractivity contribution in [1.82, 2.24) is 0 Å². The van der Waals surface area contributed by atoms with Gasteiger partial charge in [0.15, 0.2) is 0 Å². The van der Waals surface area contributed by atoms with Crippen LogP contribution in [-0.4, -0.2) is 33.2 Å². The molecule has 0 amide bonds. The molecule has 0 aliphatic rings. The van der Waals surface area contributed by atoms with Crippen molar-refractivity contribution < 1.29 is 29.7 Å². The lowest BCUT2D eigenvalue weighted by Gasteiger charge is -1.99. The lowest BCUT2D eigenvalue weighted by Crippen LogP contribution is -1.93. The van der Waals surface area contributed by atoms with Crippen LogP contribution in [-0.2, 0) is 14.4 Å². The largest absolute Gasteiger partial charge is 0.481 e. The zero-order valence-electron chi connectivity index (χ0n) is 40.6. The molecular weight excluding hydrogens is 769 g/mol. The molecular formula is C56H98O6. The molecule has 0 aromatic heterocycles. The van der Waals surface area contributed by atoms with E-state index in [1.807, 2.05) is 0 Å². The maximum atomic E-state index is 10.3. The second-order valence-electron chi connectivity index (χ2n) is 16.5. The summed E-state index contributed by atoms with van der Waals surface area (Å²) in [4.78, 5) is 31.0. The molecule has 0 aliphatic carbocycles. The smallest absolute Gasteiger partial charge is 0.303 e. The normalized spacial score (nSPS) is 11.8. The van der Waals surface area contributed by atoms with E-state index in [-0.39, 0.29) is 6.42 Å². The Kier molecular flexibility index (Phi) is 60.5. The highest BCUT2D eigenvalue weighted by Crippen LogP contribution is 2.11. The maximum Gasteiger partial charge on any atom is 0.303 e. The maximum absolute atomic E-state index is 10.3. The van der Waals surface area contributed by atoms with Crippen LogP contribution in [0.2, 0.25) is 0 Å². The molecule has 0 radical (unpaired) electrons. The van der Waals surface area contributed by atoms with Gasteiger partial charge in [-0.3, -0.25) is 14.4 Å². The van der Waals surface area contributed by atoms with Gasteiger partial charge in [-0.2, -0.15) is 0 Å². The van der Waals surface area contributed by atoms with Crippen molar-refractivity contribution >= 4 is 17.9 Å². The van der Waals surface area contributed by atoms with E-state index >= 15 is 0 Å². The number of allylic oxidation sites excluding steroid dienone is 14. The molecule has 358 valence electrons. The van der Waals surface area contributed by atoms with E-state index in [2.05, 4.69) is 106 Å². The summed E-state index contributed by atoms with van der Waals surface area (Å²) >= 11 is 0. The average Bonchev–Trinajstić information content (AvgIpc) is 3.25. The number of aliphatic carboxylic acids is 3. The number of carboxylic acid groups (broad SMARTS) is 3. The predicted octanol–water partition coefficient (Wildman–Crippen LogP) is 18.2. The van der Waals surface area contributed by atoms with Gasteiger partial charge in [-0.1, -0.05) is 202 Å². The van der Waals surface area contributed by atoms with Gasteiger partial charge < -0.3 is 15.3 Å². The third-order valence-corrected chi connectivity index (χ3v) is 10.2. The van der Waals surface area contributed by atoms with Gasteiger partial charge in [0.05, 0.1) is 0 Å². The number of rotatable bonds is 43. The Balaban J connectivity index is -0.000000844. The summed E-state index contributed by atoms with van der Waals surface area (Å²) in [6, 6.07) is 0. The van der Waals surface area contributed by atoms with Crippen LogP contribution in [0.3, 0.4) is 0 Å². The molecule has 0 aliphatic heterocycles. The minimum atomic E-state index is -0.712. The topological polar surface area (TPSA) is 112 Å². The van der Waals surface area contributed by atoms with Crippen molar-refractivity contribution in [3.63, 3.8) is 0 Å². The van der Waals surface area contributed by atoms with E-state index in [4.69, 9.17) is 15.3 Å². The Hall–Kier alpha value is -3.41. The highest BCUT2D eigenvalue weighted by molar-refractivity contribution is 5.67. The minimum Gasteiger partial charge on any atom is -0.481 e. The second kappa shape index (κ2) is 59.7. The van der Waals surface area contributed by atoms with Gasteiger partial charge in [-0.05, 0) is 116 Å². The highest BCUT2D eigenvalue weighted by atomic mass is 16.4. The number of carboxylic acids is 3. The first-order valence-electron chi connectivity index (χ1n) is 25.5. The van der Waals surface area contributed by atoms with Crippen molar-refractivity contribution in [2.75, 3.05) is 0 Å². The summed E-state index contributed by atoms with van der Waals surface area (Å²) in [5.74, 6) is -2.05. The van der Waals surface area contributed by atoms with Crippen LogP contribution in [0.25, 0.3) is 0 Å². The summed E-state index contributed by atoms with van der Waals surface area (Å²) in [6.45, 7) is 6.72. The number of hydrogen-bond acceptors (Lipinski definition) is 3. The van der Waals surface area contributed by atoms with Crippen LogP contribution in [0.4, 0.5) is 0 Å². The zero-order chi connectivity index (χ0) is 46.1. The van der Waals surface area contributed by atoms with Gasteiger partial charge in [-0.15, -0.1) is 0 Å². The van der Waals surface area contributed by atoms with Crippen LogP contribution >= 0.6 is 0 Å². The first kappa shape index (κ1) is 62.9. The number of unbranched alkanes of at least 4 members (excludes halogenated alkanes) is 23. The van der Waals surface area contributed by atoms with Gasteiger partial charge in [0.25, 0.3) is 0 Å². The first-order chi connectivity index (χ1) is 30.3. The van der Waals surface area contributed by atoms with Gasteiger partial charge in [0.2, 0.25) is 0 Å². The Morgan fingerprint density at radius 3 is 0.758 bits per heavy atom. The van der Waals surface area contributed by atoms with E-state index in [0.717, 1.165) is 70.6 Å². The van der Waals surface area contributed by atoms with E-state index in [1.54, 1.807) is 0 Å². The van der Waals surface area contributed by atoms with E-state index < -0.39 is 17.9 Å². The lowest BCUT2D eigenvalue weighted by molar-refractivity contribution is -0.138. The van der Waals surface area contributed by atoms with E-state index in [0.29, 0.717) is 12.8 Å². The fourth-order valence-corrected chi connectivity index (χ4v) is 6.37. The highest BCUT2D eigenvalue weighted by Gasteiger charge is 1.97. The predicted molar refractivity (Wildman–Crippen MR) is 270 cm³/mol. The Bertz CT molecular complexity index is 1140. The van der Waals surface area contributed by atoms with Crippen molar-refractivity contribution in [2.45, 2.75) is 252 Å². The zero-order valence-corrected chi connectivity index (χ0v) is 40.6. The lowest BCUT2D eigenvalue weighted by atomic mass is 10.1. The summed E-state index contributed by atoms with van der Waals surface area (Å²) < 4.78 is 0. The van der Waals surface area contributed by atoms with E-state index in [9.17, 15) is 14.4 Å². The molecule has 0 saturated heterocycles. The molecule has 0 saturated carbocycles. The van der Waals surface area contributed by atoms with Crippen molar-refractivity contribution in [1.29, 1.82) is 0 Å². The van der Waals surface area contributed by atoms with Crippen LogP contribution in [0.1, 0.15) is 252 Å². The summed E-state index contributed by atoms with van der Waals surface area (Å²) in [7, 11) is 0. The molecule has 0 rings (SSSR count). The van der Waals surface area contributed by atoms with Gasteiger partial charge in [0.1, 0.15) is 0 Å². The van der Waals surface area contributed by atoms with Crippen LogP contribution in [0.15, 0.2) is 85.1 Å². The molecule has 0 atom stereocenters. The molecule has 0 aromatic carbocycles. The summed E-state index contributed by atoms with van der Waals surface area (Å²) in [6.07, 6.45) is 70.9. The second-order valence-corrected chi connectivity index (χ2v) is 16.5. The van der Waals surface area contributed by atoms with Crippen molar-refractivity contribution in [3.8, 4) is 0 Å². The Labute approximate surface area is 383 Å². The number of hydrogen-bond donors (Lipinski definition) is 3. The van der Waals surface area contributed by atoms with Crippen LogP contribution in [0, 0.1) is 0 Å². The fourth-order valence-electron chi connectivity index (χ4n) is 6.37. The third-order valence-electron chi connectivity index (χ3n) is 10.2. The Morgan fingerprint density at radius 2 is 0.452 bits per heavy atom. The number of carbonyl (C=O) groups is 3. The molecule has 6 nitrogen and oxygen atoms in total. The summed E-state index contributed by atoms with van der Waals surface area (Å²) in [5, 5.41) is 25.5.